The van der Waals surface area contributed by atoms with Crippen molar-refractivity contribution in [1.29, 1.82) is 0 Å². The quantitative estimate of drug-likeness (QED) is 0.0459. The van der Waals surface area contributed by atoms with Crippen LogP contribution in [0.5, 0.6) is 23.0 Å². The topological polar surface area (TPSA) is 282 Å². The van der Waals surface area contributed by atoms with Crippen LogP contribution in [0.4, 0.5) is 51.7 Å². The van der Waals surface area contributed by atoms with E-state index in [-0.39, 0.29) is 33.2 Å². The van der Waals surface area contributed by atoms with Gasteiger partial charge in [0.25, 0.3) is 5.91 Å². The first-order valence-corrected chi connectivity index (χ1v) is 32.9. The van der Waals surface area contributed by atoms with Crippen LogP contribution in [0, 0.1) is 5.82 Å². The fraction of sp³-hybridized carbons (Fsp3) is 0.316. The largest absolute Gasteiger partial charge is 0.497 e. The van der Waals surface area contributed by atoms with Gasteiger partial charge in [0.15, 0.2) is 6.10 Å². The van der Waals surface area contributed by atoms with Gasteiger partial charge < -0.3 is 59.6 Å². The average molecular weight is 1440 g/mol. The molecule has 12 aromatic rings. The Morgan fingerprint density at radius 3 is 1.47 bits per heavy atom. The number of hydrogen-bond donors (Lipinski definition) is 4. The highest BCUT2D eigenvalue weighted by atomic mass is 19.4. The van der Waals surface area contributed by atoms with E-state index in [4.69, 9.17) is 39.4 Å². The molecule has 1 fully saturated rings. The Bertz CT molecular complexity index is 4880. The van der Waals surface area contributed by atoms with Crippen molar-refractivity contribution in [2.45, 2.75) is 78.5 Å². The van der Waals surface area contributed by atoms with Crippen LogP contribution < -0.4 is 44.7 Å². The lowest BCUT2D eigenvalue weighted by Crippen LogP contribution is -2.39. The third kappa shape index (κ3) is 19.3. The zero-order valence-electron chi connectivity index (χ0n) is 58.2. The molecule has 0 bridgehead atoms. The average Bonchev–Trinajstić information content (AvgIpc) is 1.79. The number of rotatable bonds is 22. The van der Waals surface area contributed by atoms with Crippen molar-refractivity contribution in [2.75, 3.05) is 83.0 Å². The minimum Gasteiger partial charge on any atom is -0.497 e. The van der Waals surface area contributed by atoms with Crippen molar-refractivity contribution in [3.63, 3.8) is 0 Å². The van der Waals surface area contributed by atoms with Crippen LogP contribution in [0.15, 0.2) is 165 Å². The third-order valence-electron chi connectivity index (χ3n) is 16.7. The summed E-state index contributed by atoms with van der Waals surface area (Å²) in [7, 11) is 11.3. The number of carbonyl (C=O) groups excluding carboxylic acids is 1. The minimum absolute atomic E-state index is 0. The van der Waals surface area contributed by atoms with E-state index in [1.807, 2.05) is 72.8 Å². The first kappa shape index (κ1) is 77.8. The number of methoxy groups -OCH3 is 4. The molecule has 0 spiro atoms. The van der Waals surface area contributed by atoms with E-state index in [1.165, 1.54) is 38.3 Å². The van der Waals surface area contributed by atoms with E-state index in [0.717, 1.165) is 95.1 Å². The summed E-state index contributed by atoms with van der Waals surface area (Å²) in [6.07, 6.45) is 12.6. The first-order chi connectivity index (χ1) is 49.5. The molecule has 105 heavy (non-hydrogen) atoms. The standard InChI is InChI=1S/C27H32N6O3.C24H25FN6O2.C23H22F3N5O3.2CH4/c1-34-22-12-21(13-23(15-22)35-2)32(10-5-9-28)20-7-8-24-25(14-20)31-26(17-29-24)19-16-30-33(18-19)27-6-3-4-11-36-27;1-24(2,33)14-31(19-8-15(23(32)26-3)7-17(25)9-19)18-5-6-20-21(10-18)29-22(12-27-20)16-11-28-30(4)13-16;1-30-12-14(10-28-30)21-11-27-19-5-4-15(8-20(19)29-21)31(13-22(32)23(24,25)26)16-6-17(33-2)9-18(7-16)34-3;;/h7-8,12-18,27H,3-6,9-11,28H2,1-2H3;5-13,33H,14H2,1-4H3,(H,26,32);4-12,22,32H,13H2,1-3H3;2*1H4/t;;22-;;/m..1../s1. The summed E-state index contributed by atoms with van der Waals surface area (Å²) in [6, 6.07) is 31.2. The molecule has 5 N–H and O–H groups in total. The summed E-state index contributed by atoms with van der Waals surface area (Å²) in [6.45, 7) is 4.84. The molecule has 6 aromatic heterocycles. The lowest BCUT2D eigenvalue weighted by molar-refractivity contribution is -0.199. The number of aliphatic hydroxyl groups is 2. The molecule has 1 aliphatic heterocycles. The van der Waals surface area contributed by atoms with Gasteiger partial charge in [-0.15, -0.1) is 0 Å². The van der Waals surface area contributed by atoms with E-state index >= 15 is 0 Å². The Labute approximate surface area is 605 Å². The normalized spacial score (nSPS) is 13.1. The molecule has 0 saturated carbocycles. The van der Waals surface area contributed by atoms with Crippen LogP contribution in [-0.2, 0) is 18.8 Å². The number of benzene rings is 6. The Kier molecular flexibility index (Phi) is 25.4. The van der Waals surface area contributed by atoms with Gasteiger partial charge in [0.1, 0.15) is 35.0 Å². The molecule has 13 rings (SSSR count). The number of halogens is 4. The zero-order chi connectivity index (χ0) is 73.1. The number of nitrogens with zero attached hydrogens (tertiary/aromatic N) is 15. The maximum atomic E-state index is 14.4. The SMILES string of the molecule is C.C.CNC(=O)c1cc(F)cc(N(CC(C)(C)O)c2ccc3ncc(-c4cnn(C)c4)nc3c2)c1.COc1cc(OC)cc(N(CCCN)c2ccc3ncc(-c4cnn(C5CCCCO5)c4)nc3c2)c1.COc1cc(OC)cc(N(C[C@@H](O)C(F)(F)F)c2ccc3ncc(-c4cnn(C)c4)nc3c2)c1. The molecule has 6 aromatic carbocycles. The summed E-state index contributed by atoms with van der Waals surface area (Å²) in [5.41, 5.74) is 17.3. The van der Waals surface area contributed by atoms with Crippen molar-refractivity contribution < 1.29 is 56.3 Å². The summed E-state index contributed by atoms with van der Waals surface area (Å²) in [5.74, 6) is 1.28. The number of aromatic nitrogens is 12. The van der Waals surface area contributed by atoms with Crippen LogP contribution in [0.1, 0.15) is 71.0 Å². The molecule has 0 aliphatic carbocycles. The molecule has 1 aliphatic rings. The summed E-state index contributed by atoms with van der Waals surface area (Å²) in [4.78, 5) is 45.3. The molecule has 2 atom stereocenters. The predicted octanol–water partition coefficient (Wildman–Crippen LogP) is 13.5. The van der Waals surface area contributed by atoms with Crippen LogP contribution in [0.25, 0.3) is 66.9 Å². The molecule has 1 amide bonds. The maximum Gasteiger partial charge on any atom is 0.416 e. The van der Waals surface area contributed by atoms with E-state index < -0.39 is 36.2 Å². The number of alkyl halides is 3. The molecule has 1 saturated heterocycles. The number of ether oxygens (including phenoxy) is 5. The lowest BCUT2D eigenvalue weighted by atomic mass is 10.1. The fourth-order valence-electron chi connectivity index (χ4n) is 11.5. The number of fused-ring (bicyclic) bond motifs is 3. The second-order valence-electron chi connectivity index (χ2n) is 24.9. The van der Waals surface area contributed by atoms with Gasteiger partial charge in [-0.05, 0) is 119 Å². The smallest absolute Gasteiger partial charge is 0.416 e. The lowest BCUT2D eigenvalue weighted by Gasteiger charge is -2.31. The van der Waals surface area contributed by atoms with Crippen LogP contribution in [0.3, 0.4) is 0 Å². The van der Waals surface area contributed by atoms with E-state index in [2.05, 4.69) is 57.6 Å². The number of amides is 1. The number of aryl methyl sites for hydroxylation is 2. The number of carbonyl (C=O) groups is 1. The van der Waals surface area contributed by atoms with Gasteiger partial charge >= 0.3 is 6.18 Å². The zero-order valence-corrected chi connectivity index (χ0v) is 58.2. The molecule has 7 heterocycles. The number of hydrogen-bond acceptors (Lipinski definition) is 21. The highest BCUT2D eigenvalue weighted by molar-refractivity contribution is 5.95. The number of nitrogens with one attached hydrogen (secondary N) is 1. The molecule has 25 nitrogen and oxygen atoms in total. The minimum atomic E-state index is -4.80. The van der Waals surface area contributed by atoms with Crippen LogP contribution >= 0.6 is 0 Å². The third-order valence-corrected chi connectivity index (χ3v) is 16.7. The van der Waals surface area contributed by atoms with Gasteiger partial charge in [-0.3, -0.25) is 29.1 Å². The van der Waals surface area contributed by atoms with Gasteiger partial charge in [0, 0.05) is 146 Å². The highest BCUT2D eigenvalue weighted by Crippen LogP contribution is 2.39. The Balaban J connectivity index is 0.000000181. The van der Waals surface area contributed by atoms with Gasteiger partial charge in [-0.25, -0.2) is 24.0 Å². The highest BCUT2D eigenvalue weighted by Gasteiger charge is 2.40. The van der Waals surface area contributed by atoms with Crippen LogP contribution in [-0.4, -0.2) is 162 Å². The van der Waals surface area contributed by atoms with E-state index in [0.29, 0.717) is 74.2 Å². The van der Waals surface area contributed by atoms with Gasteiger partial charge in [-0.1, -0.05) is 14.9 Å². The Morgan fingerprint density at radius 2 is 1.05 bits per heavy atom. The Hall–Kier alpha value is -11.4. The molecule has 1 unspecified atom stereocenters. The number of anilines is 6. The fourth-order valence-corrected chi connectivity index (χ4v) is 11.5. The van der Waals surface area contributed by atoms with Crippen molar-refractivity contribution in [3.8, 4) is 56.8 Å². The van der Waals surface area contributed by atoms with Crippen molar-refractivity contribution in [2.24, 2.45) is 19.8 Å². The van der Waals surface area contributed by atoms with E-state index in [1.54, 1.807) is 129 Å². The monoisotopic (exact) mass is 1440 g/mol. The van der Waals surface area contributed by atoms with Crippen molar-refractivity contribution in [3.05, 3.63) is 176 Å². The van der Waals surface area contributed by atoms with Crippen LogP contribution in [0.2, 0.25) is 0 Å². The summed E-state index contributed by atoms with van der Waals surface area (Å²) in [5, 5.41) is 35.8. The second kappa shape index (κ2) is 34.3. The Morgan fingerprint density at radius 1 is 0.600 bits per heavy atom. The van der Waals surface area contributed by atoms with Gasteiger partial charge in [-0.2, -0.15) is 28.5 Å². The van der Waals surface area contributed by atoms with Crippen molar-refractivity contribution in [1.82, 2.24) is 64.6 Å². The summed E-state index contributed by atoms with van der Waals surface area (Å²) < 4.78 is 86.9. The molecular formula is C76H87F4N17O8. The predicted molar refractivity (Wildman–Crippen MR) is 398 cm³/mol. The first-order valence-electron chi connectivity index (χ1n) is 32.9. The number of nitrogens with two attached hydrogens (primary N) is 1. The van der Waals surface area contributed by atoms with E-state index in [9.17, 15) is 32.6 Å². The molecule has 552 valence electrons. The van der Waals surface area contributed by atoms with Crippen molar-refractivity contribution >= 4 is 73.1 Å². The van der Waals surface area contributed by atoms with Gasteiger partial charge in [0.05, 0.1) is 134 Å². The summed E-state index contributed by atoms with van der Waals surface area (Å²) >= 11 is 0. The number of aliphatic hydroxyl groups excluding tert-OH is 1. The maximum absolute atomic E-state index is 14.4. The second-order valence-corrected chi connectivity index (χ2v) is 24.9. The molecule has 0 radical (unpaired) electrons. The molecule has 29 heteroatoms. The molecular weight excluding hydrogens is 1350 g/mol. The van der Waals surface area contributed by atoms with Gasteiger partial charge in [0.2, 0.25) is 0 Å².